The minimum absolute atomic E-state index is 0.610. The van der Waals surface area contributed by atoms with E-state index in [1.165, 1.54) is 17.5 Å². The molecule has 1 heterocycles. The molecule has 0 aliphatic heterocycles. The predicted molar refractivity (Wildman–Crippen MR) is 91.3 cm³/mol. The third-order valence-corrected chi connectivity index (χ3v) is 4.51. The lowest BCUT2D eigenvalue weighted by molar-refractivity contribution is 0.242. The van der Waals surface area contributed by atoms with E-state index >= 15 is 0 Å². The summed E-state index contributed by atoms with van der Waals surface area (Å²) in [5.74, 6) is 1.71. The van der Waals surface area contributed by atoms with Gasteiger partial charge in [-0.25, -0.2) is 4.98 Å². The first-order valence-corrected chi connectivity index (χ1v) is 8.32. The molecule has 0 radical (unpaired) electrons. The third-order valence-electron chi connectivity index (χ3n) is 4.32. The zero-order valence-corrected chi connectivity index (χ0v) is 14.3. The van der Waals surface area contributed by atoms with Crippen molar-refractivity contribution < 1.29 is 0 Å². The van der Waals surface area contributed by atoms with Gasteiger partial charge in [-0.3, -0.25) is 0 Å². The topological polar surface area (TPSA) is 21.1 Å². The SMILES string of the molecule is CCC(C)N(C)CCn1c(CCCl)nc2cc(C)ccc21. The van der Waals surface area contributed by atoms with Crippen molar-refractivity contribution in [3.05, 3.63) is 29.6 Å². The van der Waals surface area contributed by atoms with Gasteiger partial charge in [0.05, 0.1) is 11.0 Å². The zero-order chi connectivity index (χ0) is 15.4. The van der Waals surface area contributed by atoms with Crippen LogP contribution in [0.15, 0.2) is 18.2 Å². The first-order valence-electron chi connectivity index (χ1n) is 7.78. The van der Waals surface area contributed by atoms with Crippen molar-refractivity contribution in [3.63, 3.8) is 0 Å². The van der Waals surface area contributed by atoms with Gasteiger partial charge >= 0.3 is 0 Å². The predicted octanol–water partition coefficient (Wildman–Crippen LogP) is 3.86. The highest BCUT2D eigenvalue weighted by Gasteiger charge is 2.12. The maximum atomic E-state index is 5.94. The molecule has 2 rings (SSSR count). The molecule has 0 aliphatic rings. The molecule has 21 heavy (non-hydrogen) atoms. The molecule has 0 aliphatic carbocycles. The van der Waals surface area contributed by atoms with E-state index in [9.17, 15) is 0 Å². The lowest BCUT2D eigenvalue weighted by Gasteiger charge is -2.24. The molecule has 0 saturated carbocycles. The monoisotopic (exact) mass is 307 g/mol. The van der Waals surface area contributed by atoms with Crippen molar-refractivity contribution in [1.82, 2.24) is 14.5 Å². The molecule has 1 aromatic carbocycles. The Labute approximate surface area is 132 Å². The quantitative estimate of drug-likeness (QED) is 0.724. The second-order valence-electron chi connectivity index (χ2n) is 5.85. The lowest BCUT2D eigenvalue weighted by Crippen LogP contribution is -2.31. The summed E-state index contributed by atoms with van der Waals surface area (Å²) >= 11 is 5.94. The second kappa shape index (κ2) is 7.28. The Balaban J connectivity index is 2.25. The zero-order valence-electron chi connectivity index (χ0n) is 13.6. The normalized spacial score (nSPS) is 13.2. The van der Waals surface area contributed by atoms with Crippen molar-refractivity contribution in [2.75, 3.05) is 19.5 Å². The van der Waals surface area contributed by atoms with E-state index in [1.54, 1.807) is 0 Å². The molecule has 1 atom stereocenters. The number of hydrogen-bond acceptors (Lipinski definition) is 2. The Bertz CT molecular complexity index is 591. The van der Waals surface area contributed by atoms with Crippen LogP contribution in [0.4, 0.5) is 0 Å². The van der Waals surface area contributed by atoms with Crippen LogP contribution in [0.25, 0.3) is 11.0 Å². The Morgan fingerprint density at radius 2 is 2.14 bits per heavy atom. The number of benzene rings is 1. The summed E-state index contributed by atoms with van der Waals surface area (Å²) in [6.07, 6.45) is 2.00. The van der Waals surface area contributed by atoms with E-state index in [1.807, 2.05) is 0 Å². The largest absolute Gasteiger partial charge is 0.327 e. The molecule has 4 heteroatoms. The van der Waals surface area contributed by atoms with Gasteiger partial charge in [-0.15, -0.1) is 11.6 Å². The molecule has 116 valence electrons. The summed E-state index contributed by atoms with van der Waals surface area (Å²) in [6, 6.07) is 7.10. The smallest absolute Gasteiger partial charge is 0.111 e. The molecule has 0 N–H and O–H groups in total. The van der Waals surface area contributed by atoms with Crippen LogP contribution in [0.1, 0.15) is 31.7 Å². The van der Waals surface area contributed by atoms with Gasteiger partial charge in [-0.1, -0.05) is 13.0 Å². The van der Waals surface area contributed by atoms with Gasteiger partial charge in [0, 0.05) is 31.4 Å². The Hall–Kier alpha value is -1.06. The van der Waals surface area contributed by atoms with Gasteiger partial charge in [-0.2, -0.15) is 0 Å². The summed E-state index contributed by atoms with van der Waals surface area (Å²) < 4.78 is 2.33. The van der Waals surface area contributed by atoms with E-state index in [0.29, 0.717) is 11.9 Å². The molecule has 0 spiro atoms. The average molecular weight is 308 g/mol. The highest BCUT2D eigenvalue weighted by molar-refractivity contribution is 6.17. The lowest BCUT2D eigenvalue weighted by atomic mass is 10.2. The van der Waals surface area contributed by atoms with Crippen molar-refractivity contribution in [2.45, 2.75) is 46.2 Å². The van der Waals surface area contributed by atoms with Crippen molar-refractivity contribution >= 4 is 22.6 Å². The van der Waals surface area contributed by atoms with Crippen molar-refractivity contribution in [3.8, 4) is 0 Å². The van der Waals surface area contributed by atoms with E-state index in [2.05, 4.69) is 55.5 Å². The molecule has 0 bridgehead atoms. The summed E-state index contributed by atoms with van der Waals surface area (Å²) in [6.45, 7) is 8.61. The van der Waals surface area contributed by atoms with Gasteiger partial charge < -0.3 is 9.47 Å². The van der Waals surface area contributed by atoms with Gasteiger partial charge in [0.1, 0.15) is 5.82 Å². The average Bonchev–Trinajstić information content (AvgIpc) is 2.80. The van der Waals surface area contributed by atoms with Gasteiger partial charge in [-0.05, 0) is 45.0 Å². The number of nitrogens with zero attached hydrogens (tertiary/aromatic N) is 3. The third kappa shape index (κ3) is 3.78. The van der Waals surface area contributed by atoms with Crippen LogP contribution >= 0.6 is 11.6 Å². The first-order chi connectivity index (χ1) is 10.1. The molecular formula is C17H26ClN3. The van der Waals surface area contributed by atoms with Crippen LogP contribution in [0.5, 0.6) is 0 Å². The van der Waals surface area contributed by atoms with Crippen LogP contribution in [-0.2, 0) is 13.0 Å². The number of alkyl halides is 1. The number of hydrogen-bond donors (Lipinski definition) is 0. The fourth-order valence-electron chi connectivity index (χ4n) is 2.60. The molecule has 0 saturated heterocycles. The Morgan fingerprint density at radius 1 is 1.38 bits per heavy atom. The summed E-state index contributed by atoms with van der Waals surface area (Å²) in [4.78, 5) is 7.17. The Kier molecular flexibility index (Phi) is 5.65. The number of rotatable bonds is 7. The minimum Gasteiger partial charge on any atom is -0.327 e. The highest BCUT2D eigenvalue weighted by atomic mass is 35.5. The van der Waals surface area contributed by atoms with E-state index in [0.717, 1.165) is 30.9 Å². The number of aryl methyl sites for hydroxylation is 2. The van der Waals surface area contributed by atoms with Crippen molar-refractivity contribution in [2.24, 2.45) is 0 Å². The molecule has 1 aromatic heterocycles. The number of aromatic nitrogens is 2. The van der Waals surface area contributed by atoms with Gasteiger partial charge in [0.2, 0.25) is 0 Å². The van der Waals surface area contributed by atoms with Crippen LogP contribution in [0.3, 0.4) is 0 Å². The molecule has 3 nitrogen and oxygen atoms in total. The van der Waals surface area contributed by atoms with Gasteiger partial charge in [0.15, 0.2) is 0 Å². The summed E-state index contributed by atoms with van der Waals surface area (Å²) in [5, 5.41) is 0. The number of halogens is 1. The maximum absolute atomic E-state index is 5.94. The molecule has 0 fully saturated rings. The second-order valence-corrected chi connectivity index (χ2v) is 6.23. The number of imidazole rings is 1. The number of fused-ring (bicyclic) bond motifs is 1. The Morgan fingerprint density at radius 3 is 2.81 bits per heavy atom. The van der Waals surface area contributed by atoms with Crippen molar-refractivity contribution in [1.29, 1.82) is 0 Å². The first kappa shape index (κ1) is 16.3. The van der Waals surface area contributed by atoms with Crippen LogP contribution in [0.2, 0.25) is 0 Å². The van der Waals surface area contributed by atoms with E-state index < -0.39 is 0 Å². The molecular weight excluding hydrogens is 282 g/mol. The maximum Gasteiger partial charge on any atom is 0.111 e. The fraction of sp³-hybridized carbons (Fsp3) is 0.588. The summed E-state index contributed by atoms with van der Waals surface area (Å²) in [5.41, 5.74) is 3.56. The highest BCUT2D eigenvalue weighted by Crippen LogP contribution is 2.19. The van der Waals surface area contributed by atoms with Crippen LogP contribution < -0.4 is 0 Å². The standard InChI is InChI=1S/C17H26ClN3/c1-5-14(3)20(4)10-11-21-16-7-6-13(2)12-15(16)19-17(21)8-9-18/h6-7,12,14H,5,8-11H2,1-4H3. The van der Waals surface area contributed by atoms with Gasteiger partial charge in [0.25, 0.3) is 0 Å². The van der Waals surface area contributed by atoms with E-state index in [-0.39, 0.29) is 0 Å². The fourth-order valence-corrected chi connectivity index (χ4v) is 2.77. The van der Waals surface area contributed by atoms with Crippen LogP contribution in [-0.4, -0.2) is 40.0 Å². The minimum atomic E-state index is 0.610. The van der Waals surface area contributed by atoms with E-state index in [4.69, 9.17) is 16.6 Å². The number of likely N-dealkylation sites (N-methyl/N-ethyl adjacent to an activating group) is 1. The summed E-state index contributed by atoms with van der Waals surface area (Å²) in [7, 11) is 2.19. The van der Waals surface area contributed by atoms with Crippen LogP contribution in [0, 0.1) is 6.92 Å². The molecule has 1 unspecified atom stereocenters. The molecule has 0 amide bonds. The molecule has 2 aromatic rings.